The molecule has 0 saturated heterocycles. The van der Waals surface area contributed by atoms with Gasteiger partial charge >= 0.3 is 19.8 Å². The van der Waals surface area contributed by atoms with Crippen molar-refractivity contribution in [2.75, 3.05) is 26.4 Å². The van der Waals surface area contributed by atoms with Crippen molar-refractivity contribution in [3.8, 4) is 0 Å². The molecule has 0 rings (SSSR count). The van der Waals surface area contributed by atoms with Gasteiger partial charge in [0.25, 0.3) is 0 Å². The van der Waals surface area contributed by atoms with Crippen molar-refractivity contribution < 1.29 is 63.1 Å². The van der Waals surface area contributed by atoms with Crippen molar-refractivity contribution in [2.45, 2.75) is 166 Å². The van der Waals surface area contributed by atoms with Crippen LogP contribution in [0.2, 0.25) is 0 Å². The molecule has 0 amide bonds. The van der Waals surface area contributed by atoms with Crippen molar-refractivity contribution in [1.29, 1.82) is 0 Å². The molecule has 0 aromatic carbocycles. The molecule has 0 heterocycles. The number of carbonyl (C=O) groups excluding carboxylic acids is 2. The standard InChI is InChI=1S/C46H77O13P/c1-3-5-7-8-9-10-11-12-13-14-15-16-17-18-19-24-28-34-46(53)59-42(39-58-60(54,55)57-37-41(49)36-47)38-56-45(52)35-29-33-44(51)43(50)32-27-23-21-20-22-26-31-40(48)30-25-6-4-2/h6,9-10,12-13,20-23,25-27,31-32,40-44,47-51H,3-5,7-8,11,14-19,24,28-30,33-39H2,1-2H3,(H,54,55)/b10-9-,13-12-,22-20+,23-21-,25-6-,31-26+,32-27-/t40-,41+,42-,43+,44+/m1/s1. The molecule has 0 aromatic rings. The molecule has 0 aliphatic carbocycles. The molecular weight excluding hydrogens is 791 g/mol. The minimum atomic E-state index is -4.71. The highest BCUT2D eigenvalue weighted by atomic mass is 31.2. The summed E-state index contributed by atoms with van der Waals surface area (Å²) >= 11 is 0. The van der Waals surface area contributed by atoms with E-state index in [9.17, 15) is 39.5 Å². The monoisotopic (exact) mass is 869 g/mol. The van der Waals surface area contributed by atoms with Crippen LogP contribution in [-0.2, 0) is 32.7 Å². The highest BCUT2D eigenvalue weighted by molar-refractivity contribution is 7.47. The van der Waals surface area contributed by atoms with Crippen LogP contribution in [0.25, 0.3) is 0 Å². The lowest BCUT2D eigenvalue weighted by atomic mass is 10.1. The SMILES string of the molecule is CC/C=C\C[C@@H](O)/C=C/C=C/C=C\C=C/[C@H](O)[C@@H](O)CCCC(=O)OC[C@H](COP(=O)(O)OC[C@@H](O)CO)OC(=O)CCCCCCCCC/C=C\C/C=C\CCCCC. The van der Waals surface area contributed by atoms with Crippen LogP contribution in [-0.4, -0.2) is 99.3 Å². The van der Waals surface area contributed by atoms with E-state index >= 15 is 0 Å². The molecule has 60 heavy (non-hydrogen) atoms. The fourth-order valence-electron chi connectivity index (χ4n) is 5.36. The van der Waals surface area contributed by atoms with Crippen molar-refractivity contribution >= 4 is 19.8 Å². The largest absolute Gasteiger partial charge is 0.472 e. The van der Waals surface area contributed by atoms with Crippen LogP contribution in [0, 0.1) is 0 Å². The van der Waals surface area contributed by atoms with Crippen LogP contribution in [0.5, 0.6) is 0 Å². The van der Waals surface area contributed by atoms with Gasteiger partial charge in [0, 0.05) is 12.8 Å². The number of esters is 2. The number of allylic oxidation sites excluding steroid dienone is 11. The van der Waals surface area contributed by atoms with Crippen molar-refractivity contribution in [2.24, 2.45) is 0 Å². The number of aliphatic hydroxyl groups is 5. The van der Waals surface area contributed by atoms with Gasteiger partial charge in [-0.15, -0.1) is 0 Å². The van der Waals surface area contributed by atoms with Crippen LogP contribution >= 0.6 is 7.82 Å². The molecule has 13 nitrogen and oxygen atoms in total. The molecule has 6 atom stereocenters. The van der Waals surface area contributed by atoms with Crippen LogP contribution in [0.4, 0.5) is 0 Å². The minimum absolute atomic E-state index is 0.0890. The van der Waals surface area contributed by atoms with E-state index < -0.39 is 76.7 Å². The summed E-state index contributed by atoms with van der Waals surface area (Å²) in [6, 6.07) is 0. The number of hydrogen-bond donors (Lipinski definition) is 6. The van der Waals surface area contributed by atoms with Crippen LogP contribution in [0.15, 0.2) is 85.1 Å². The fourth-order valence-corrected chi connectivity index (χ4v) is 6.15. The Morgan fingerprint density at radius 2 is 1.22 bits per heavy atom. The number of hydrogen-bond acceptors (Lipinski definition) is 12. The van der Waals surface area contributed by atoms with E-state index in [1.54, 1.807) is 42.5 Å². The maximum absolute atomic E-state index is 12.6. The number of aliphatic hydroxyl groups excluding tert-OH is 5. The first-order valence-electron chi connectivity index (χ1n) is 21.9. The zero-order valence-electron chi connectivity index (χ0n) is 36.2. The van der Waals surface area contributed by atoms with E-state index in [-0.39, 0.29) is 25.7 Å². The summed E-state index contributed by atoms with van der Waals surface area (Å²) < 4.78 is 32.5. The van der Waals surface area contributed by atoms with E-state index in [0.29, 0.717) is 12.8 Å². The Balaban J connectivity index is 4.64. The van der Waals surface area contributed by atoms with E-state index in [4.69, 9.17) is 19.1 Å². The Morgan fingerprint density at radius 3 is 1.87 bits per heavy atom. The Bertz CT molecular complexity index is 1320. The molecule has 0 spiro atoms. The lowest BCUT2D eigenvalue weighted by Crippen LogP contribution is -2.30. The van der Waals surface area contributed by atoms with E-state index in [1.165, 1.54) is 25.3 Å². The van der Waals surface area contributed by atoms with Gasteiger partial charge in [-0.3, -0.25) is 18.6 Å². The molecule has 14 heteroatoms. The Labute approximate surface area is 359 Å². The van der Waals surface area contributed by atoms with Gasteiger partial charge in [-0.25, -0.2) is 4.57 Å². The predicted molar refractivity (Wildman–Crippen MR) is 237 cm³/mol. The second-order valence-corrected chi connectivity index (χ2v) is 16.0. The maximum Gasteiger partial charge on any atom is 0.472 e. The van der Waals surface area contributed by atoms with Gasteiger partial charge in [0.2, 0.25) is 0 Å². The molecule has 344 valence electrons. The van der Waals surface area contributed by atoms with Gasteiger partial charge < -0.3 is 39.9 Å². The predicted octanol–water partition coefficient (Wildman–Crippen LogP) is 8.36. The Hall–Kier alpha value is -2.97. The number of phosphoric acid groups is 1. The molecule has 6 N–H and O–H groups in total. The van der Waals surface area contributed by atoms with Crippen molar-refractivity contribution in [3.05, 3.63) is 85.1 Å². The van der Waals surface area contributed by atoms with E-state index in [0.717, 1.165) is 64.2 Å². The number of carbonyl (C=O) groups is 2. The first-order valence-corrected chi connectivity index (χ1v) is 23.4. The number of unbranched alkanes of at least 4 members (excludes halogenated alkanes) is 10. The van der Waals surface area contributed by atoms with Gasteiger partial charge in [0.1, 0.15) is 12.7 Å². The van der Waals surface area contributed by atoms with Gasteiger partial charge in [-0.1, -0.05) is 144 Å². The molecule has 0 saturated carbocycles. The fraction of sp³-hybridized carbons (Fsp3) is 0.652. The molecule has 0 aliphatic heterocycles. The second kappa shape index (κ2) is 40.1. The maximum atomic E-state index is 12.6. The highest BCUT2D eigenvalue weighted by Crippen LogP contribution is 2.43. The lowest BCUT2D eigenvalue weighted by Gasteiger charge is -2.20. The van der Waals surface area contributed by atoms with Gasteiger partial charge in [-0.2, -0.15) is 0 Å². The number of phosphoric ester groups is 1. The third-order valence-corrected chi connectivity index (χ3v) is 9.83. The summed E-state index contributed by atoms with van der Waals surface area (Å²) in [5, 5.41) is 48.7. The van der Waals surface area contributed by atoms with Crippen LogP contribution in [0.1, 0.15) is 136 Å². The zero-order chi connectivity index (χ0) is 44.5. The van der Waals surface area contributed by atoms with Gasteiger partial charge in [-0.05, 0) is 64.2 Å². The topological polar surface area (TPSA) is 210 Å². The average molecular weight is 869 g/mol. The third kappa shape index (κ3) is 38.0. The summed E-state index contributed by atoms with van der Waals surface area (Å²) in [6.07, 6.45) is 36.3. The quantitative estimate of drug-likeness (QED) is 0.0113. The first-order chi connectivity index (χ1) is 28.9. The zero-order valence-corrected chi connectivity index (χ0v) is 37.1. The summed E-state index contributed by atoms with van der Waals surface area (Å²) in [5.74, 6) is -1.27. The normalized spacial score (nSPS) is 16.2. The molecule has 0 aromatic heterocycles. The highest BCUT2D eigenvalue weighted by Gasteiger charge is 2.27. The van der Waals surface area contributed by atoms with E-state index in [2.05, 4.69) is 35.8 Å². The molecular formula is C46H77O13P. The van der Waals surface area contributed by atoms with Crippen LogP contribution in [0.3, 0.4) is 0 Å². The van der Waals surface area contributed by atoms with Crippen LogP contribution < -0.4 is 0 Å². The molecule has 1 unspecified atom stereocenters. The summed E-state index contributed by atoms with van der Waals surface area (Å²) in [6.45, 7) is 1.74. The van der Waals surface area contributed by atoms with Crippen molar-refractivity contribution in [1.82, 2.24) is 0 Å². The van der Waals surface area contributed by atoms with Gasteiger partial charge in [0.05, 0.1) is 38.1 Å². The summed E-state index contributed by atoms with van der Waals surface area (Å²) in [4.78, 5) is 35.1. The summed E-state index contributed by atoms with van der Waals surface area (Å²) in [7, 11) is -4.71. The Morgan fingerprint density at radius 1 is 0.633 bits per heavy atom. The average Bonchev–Trinajstić information content (AvgIpc) is 3.22. The van der Waals surface area contributed by atoms with Crippen molar-refractivity contribution in [3.63, 3.8) is 0 Å². The van der Waals surface area contributed by atoms with E-state index in [1.807, 2.05) is 19.1 Å². The Kier molecular flexibility index (Phi) is 38.1. The molecule has 0 bridgehead atoms. The third-order valence-electron chi connectivity index (χ3n) is 8.88. The number of ether oxygens (including phenoxy) is 2. The minimum Gasteiger partial charge on any atom is -0.462 e. The lowest BCUT2D eigenvalue weighted by molar-refractivity contribution is -0.161. The molecule has 0 fully saturated rings. The molecule has 0 radical (unpaired) electrons. The molecule has 0 aliphatic rings. The summed E-state index contributed by atoms with van der Waals surface area (Å²) in [5.41, 5.74) is 0. The smallest absolute Gasteiger partial charge is 0.462 e. The van der Waals surface area contributed by atoms with Gasteiger partial charge in [0.15, 0.2) is 6.10 Å². The number of rotatable bonds is 39. The second-order valence-electron chi connectivity index (χ2n) is 14.6. The first kappa shape index (κ1) is 57.0.